The summed E-state index contributed by atoms with van der Waals surface area (Å²) in [7, 11) is 0. The third-order valence-corrected chi connectivity index (χ3v) is 2.20. The van der Waals surface area contributed by atoms with Crippen molar-refractivity contribution in [3.63, 3.8) is 0 Å². The lowest BCUT2D eigenvalue weighted by molar-refractivity contribution is -0.137. The highest BCUT2D eigenvalue weighted by molar-refractivity contribution is 5.77. The van der Waals surface area contributed by atoms with Crippen LogP contribution >= 0.6 is 0 Å². The highest BCUT2D eigenvalue weighted by atomic mass is 19.4. The molecule has 1 rings (SSSR count). The Morgan fingerprint density at radius 3 is 2.44 bits per heavy atom. The fourth-order valence-corrected chi connectivity index (χ4v) is 1.34. The van der Waals surface area contributed by atoms with Gasteiger partial charge in [0.05, 0.1) is 6.54 Å². The Morgan fingerprint density at radius 1 is 1.17 bits per heavy atom. The third kappa shape index (κ3) is 6.90. The van der Waals surface area contributed by atoms with Gasteiger partial charge >= 0.3 is 6.18 Å². The number of hydrogen-bond acceptors (Lipinski definition) is 2. The van der Waals surface area contributed by atoms with Gasteiger partial charge in [-0.3, -0.25) is 4.79 Å². The van der Waals surface area contributed by atoms with Gasteiger partial charge in [-0.25, -0.2) is 0 Å². The topological polar surface area (TPSA) is 41.1 Å². The summed E-state index contributed by atoms with van der Waals surface area (Å²) >= 11 is 0. The van der Waals surface area contributed by atoms with E-state index < -0.39 is 18.6 Å². The molecular formula is C12H15F3N2O. The summed E-state index contributed by atoms with van der Waals surface area (Å²) in [5, 5.41) is 4.59. The molecule has 0 aromatic heterocycles. The van der Waals surface area contributed by atoms with Crippen molar-refractivity contribution in [3.8, 4) is 0 Å². The molecule has 100 valence electrons. The van der Waals surface area contributed by atoms with E-state index in [4.69, 9.17) is 0 Å². The summed E-state index contributed by atoms with van der Waals surface area (Å²) in [5.41, 5.74) is 1.11. The number of benzene rings is 1. The van der Waals surface area contributed by atoms with Gasteiger partial charge in [-0.1, -0.05) is 30.3 Å². The molecule has 0 saturated carbocycles. The lowest BCUT2D eigenvalue weighted by atomic mass is 10.1. The number of halogens is 3. The van der Waals surface area contributed by atoms with Gasteiger partial charge in [0.15, 0.2) is 0 Å². The Kier molecular flexibility index (Phi) is 5.64. The predicted molar refractivity (Wildman–Crippen MR) is 62.1 cm³/mol. The number of rotatable bonds is 6. The van der Waals surface area contributed by atoms with Crippen molar-refractivity contribution in [2.75, 3.05) is 19.6 Å². The molecule has 3 nitrogen and oxygen atoms in total. The van der Waals surface area contributed by atoms with Gasteiger partial charge in [-0.05, 0) is 18.5 Å². The predicted octanol–water partition coefficient (Wildman–Crippen LogP) is 1.50. The van der Waals surface area contributed by atoms with E-state index in [9.17, 15) is 18.0 Å². The minimum Gasteiger partial charge on any atom is -0.346 e. The number of nitrogens with one attached hydrogen (secondary N) is 2. The lowest BCUT2D eigenvalue weighted by Crippen LogP contribution is -2.39. The van der Waals surface area contributed by atoms with E-state index in [0.29, 0.717) is 6.54 Å². The van der Waals surface area contributed by atoms with Crippen LogP contribution in [0.25, 0.3) is 0 Å². The average molecular weight is 260 g/mol. The largest absolute Gasteiger partial charge is 0.405 e. The van der Waals surface area contributed by atoms with Crippen molar-refractivity contribution in [1.29, 1.82) is 0 Å². The fraction of sp³-hybridized carbons (Fsp3) is 0.417. The number of carbonyl (C=O) groups excluding carboxylic acids is 1. The molecule has 0 fully saturated rings. The quantitative estimate of drug-likeness (QED) is 0.761. The molecule has 0 aliphatic carbocycles. The zero-order chi connectivity index (χ0) is 13.4. The molecule has 0 atom stereocenters. The van der Waals surface area contributed by atoms with Crippen LogP contribution in [0.5, 0.6) is 0 Å². The Balaban J connectivity index is 2.09. The summed E-state index contributed by atoms with van der Waals surface area (Å²) < 4.78 is 35.4. The second-order valence-electron chi connectivity index (χ2n) is 3.80. The molecule has 0 bridgehead atoms. The number of amides is 1. The minimum atomic E-state index is -4.36. The first kappa shape index (κ1) is 14.5. The van der Waals surface area contributed by atoms with Crippen LogP contribution in [0.3, 0.4) is 0 Å². The van der Waals surface area contributed by atoms with Crippen LogP contribution in [0.2, 0.25) is 0 Å². The molecule has 0 aliphatic rings. The monoisotopic (exact) mass is 260 g/mol. The fourth-order valence-electron chi connectivity index (χ4n) is 1.34. The van der Waals surface area contributed by atoms with E-state index in [-0.39, 0.29) is 6.54 Å². The van der Waals surface area contributed by atoms with E-state index >= 15 is 0 Å². The van der Waals surface area contributed by atoms with Crippen LogP contribution < -0.4 is 10.6 Å². The molecule has 0 unspecified atom stereocenters. The van der Waals surface area contributed by atoms with Gasteiger partial charge in [0.25, 0.3) is 0 Å². The van der Waals surface area contributed by atoms with Crippen LogP contribution in [0.1, 0.15) is 5.56 Å². The molecule has 18 heavy (non-hydrogen) atoms. The van der Waals surface area contributed by atoms with E-state index in [0.717, 1.165) is 12.0 Å². The Bertz CT molecular complexity index is 365. The molecule has 0 heterocycles. The van der Waals surface area contributed by atoms with Crippen molar-refractivity contribution < 1.29 is 18.0 Å². The first-order chi connectivity index (χ1) is 8.47. The van der Waals surface area contributed by atoms with Crippen LogP contribution in [0.4, 0.5) is 13.2 Å². The zero-order valence-corrected chi connectivity index (χ0v) is 9.76. The molecule has 0 radical (unpaired) electrons. The lowest BCUT2D eigenvalue weighted by Gasteiger charge is -2.09. The first-order valence-electron chi connectivity index (χ1n) is 5.55. The smallest absolute Gasteiger partial charge is 0.346 e. The van der Waals surface area contributed by atoms with Gasteiger partial charge in [0, 0.05) is 0 Å². The number of hydrogen-bond donors (Lipinski definition) is 2. The summed E-state index contributed by atoms with van der Waals surface area (Å²) in [5.74, 6) is -0.652. The molecule has 0 saturated heterocycles. The highest BCUT2D eigenvalue weighted by Crippen LogP contribution is 2.11. The van der Waals surface area contributed by atoms with Crippen LogP contribution in [-0.2, 0) is 11.2 Å². The summed E-state index contributed by atoms with van der Waals surface area (Å²) in [6.07, 6.45) is -3.63. The van der Waals surface area contributed by atoms with Crippen LogP contribution in [-0.4, -0.2) is 31.7 Å². The molecule has 0 aliphatic heterocycles. The Labute approximate surface area is 103 Å². The molecule has 2 N–H and O–H groups in total. The maximum Gasteiger partial charge on any atom is 0.405 e. The Hall–Kier alpha value is -1.56. The summed E-state index contributed by atoms with van der Waals surface area (Å²) in [6.45, 7) is -0.849. The molecule has 6 heteroatoms. The summed E-state index contributed by atoms with van der Waals surface area (Å²) in [4.78, 5) is 11.0. The maximum atomic E-state index is 11.8. The van der Waals surface area contributed by atoms with Crippen molar-refractivity contribution in [1.82, 2.24) is 10.6 Å². The van der Waals surface area contributed by atoms with Gasteiger partial charge in [0.1, 0.15) is 6.54 Å². The average Bonchev–Trinajstić information content (AvgIpc) is 2.33. The van der Waals surface area contributed by atoms with Crippen molar-refractivity contribution in [2.45, 2.75) is 12.6 Å². The number of alkyl halides is 3. The maximum absolute atomic E-state index is 11.8. The molecule has 1 aromatic carbocycles. The third-order valence-electron chi connectivity index (χ3n) is 2.20. The number of carbonyl (C=O) groups is 1. The standard InChI is InChI=1S/C12H15F3N2O/c13-12(14,15)9-17-11(18)8-16-7-6-10-4-2-1-3-5-10/h1-5,16H,6-9H2,(H,17,18). The van der Waals surface area contributed by atoms with Gasteiger partial charge in [-0.15, -0.1) is 0 Å². The molecular weight excluding hydrogens is 245 g/mol. The van der Waals surface area contributed by atoms with Gasteiger partial charge in [0.2, 0.25) is 5.91 Å². The second-order valence-corrected chi connectivity index (χ2v) is 3.80. The molecule has 1 aromatic rings. The summed E-state index contributed by atoms with van der Waals surface area (Å²) in [6, 6.07) is 9.62. The molecule has 1 amide bonds. The second kappa shape index (κ2) is 7.00. The van der Waals surface area contributed by atoms with E-state index in [2.05, 4.69) is 5.32 Å². The van der Waals surface area contributed by atoms with Crippen molar-refractivity contribution in [2.24, 2.45) is 0 Å². The Morgan fingerprint density at radius 2 is 1.83 bits per heavy atom. The van der Waals surface area contributed by atoms with Crippen LogP contribution in [0.15, 0.2) is 30.3 Å². The molecule has 0 spiro atoms. The van der Waals surface area contributed by atoms with E-state index in [1.165, 1.54) is 0 Å². The van der Waals surface area contributed by atoms with Crippen molar-refractivity contribution in [3.05, 3.63) is 35.9 Å². The normalized spacial score (nSPS) is 11.3. The first-order valence-corrected chi connectivity index (χ1v) is 5.55. The van der Waals surface area contributed by atoms with E-state index in [1.54, 1.807) is 5.32 Å². The van der Waals surface area contributed by atoms with Gasteiger partial charge < -0.3 is 10.6 Å². The SMILES string of the molecule is O=C(CNCCc1ccccc1)NCC(F)(F)F. The van der Waals surface area contributed by atoms with Gasteiger partial charge in [-0.2, -0.15) is 13.2 Å². The van der Waals surface area contributed by atoms with Crippen LogP contribution in [0, 0.1) is 0 Å². The zero-order valence-electron chi connectivity index (χ0n) is 9.76. The highest BCUT2D eigenvalue weighted by Gasteiger charge is 2.27. The van der Waals surface area contributed by atoms with Crippen molar-refractivity contribution >= 4 is 5.91 Å². The van der Waals surface area contributed by atoms with E-state index in [1.807, 2.05) is 30.3 Å². The minimum absolute atomic E-state index is 0.108.